The van der Waals surface area contributed by atoms with Gasteiger partial charge in [-0.05, 0) is 84.0 Å². The van der Waals surface area contributed by atoms with Crippen molar-refractivity contribution in [2.45, 2.75) is 62.9 Å². The Morgan fingerprint density at radius 1 is 1.08 bits per heavy atom. The minimum absolute atomic E-state index is 0.0792. The predicted molar refractivity (Wildman–Crippen MR) is 145 cm³/mol. The number of hydrogen-bond donors (Lipinski definition) is 4. The van der Waals surface area contributed by atoms with Gasteiger partial charge in [-0.1, -0.05) is 12.8 Å². The Balaban J connectivity index is 1.11. The average molecular weight is 514 g/mol. The van der Waals surface area contributed by atoms with Gasteiger partial charge in [-0.2, -0.15) is 11.3 Å². The van der Waals surface area contributed by atoms with E-state index in [1.807, 2.05) is 12.4 Å². The van der Waals surface area contributed by atoms with Crippen molar-refractivity contribution in [2.75, 3.05) is 5.32 Å². The first-order valence-corrected chi connectivity index (χ1v) is 14.3. The number of carbonyl (C=O) groups excluding carboxylic acids is 1. The van der Waals surface area contributed by atoms with Gasteiger partial charge in [0.15, 0.2) is 5.65 Å². The van der Waals surface area contributed by atoms with Crippen LogP contribution in [0.15, 0.2) is 47.5 Å². The van der Waals surface area contributed by atoms with Crippen molar-refractivity contribution in [3.8, 4) is 11.1 Å². The van der Waals surface area contributed by atoms with Crippen molar-refractivity contribution in [1.82, 2.24) is 30.8 Å². The molecule has 4 aromatic heterocycles. The van der Waals surface area contributed by atoms with Gasteiger partial charge in [0.05, 0.1) is 23.4 Å². The molecule has 1 aliphatic heterocycles. The molecule has 5 heterocycles. The summed E-state index contributed by atoms with van der Waals surface area (Å²) in [5, 5.41) is 7.38. The standard InChI is InChI=1S/C28H31N7OS/c36-28(16-3-1-2-4-16)31-20-11-19(13-29-14-20)17-5-6-23-22(12-17)25(35-34-23)27-32-24-21(18-8-10-37-15-18)7-9-30-26(24)33-27/h7-11,13-17,22-23,25,34-35H,1-6,12H2,(H,31,36)(H,30,32,33). The van der Waals surface area contributed by atoms with Crippen LogP contribution in [0.5, 0.6) is 0 Å². The highest BCUT2D eigenvalue weighted by molar-refractivity contribution is 7.08. The molecule has 2 aliphatic carbocycles. The molecule has 4 atom stereocenters. The van der Waals surface area contributed by atoms with E-state index in [2.05, 4.69) is 60.1 Å². The van der Waals surface area contributed by atoms with Gasteiger partial charge in [0.2, 0.25) is 5.91 Å². The maximum absolute atomic E-state index is 12.7. The van der Waals surface area contributed by atoms with Crippen LogP contribution >= 0.6 is 11.3 Å². The summed E-state index contributed by atoms with van der Waals surface area (Å²) in [7, 11) is 0. The number of H-pyrrole nitrogens is 1. The van der Waals surface area contributed by atoms with Gasteiger partial charge in [-0.15, -0.1) is 0 Å². The van der Waals surface area contributed by atoms with Crippen LogP contribution in [-0.4, -0.2) is 31.9 Å². The van der Waals surface area contributed by atoms with Crippen LogP contribution in [0.2, 0.25) is 0 Å². The number of aromatic amines is 1. The van der Waals surface area contributed by atoms with Crippen LogP contribution in [0.25, 0.3) is 22.3 Å². The molecular formula is C28H31N7OS. The van der Waals surface area contributed by atoms with Crippen LogP contribution in [-0.2, 0) is 4.79 Å². The van der Waals surface area contributed by atoms with Crippen LogP contribution in [0.3, 0.4) is 0 Å². The molecular weight excluding hydrogens is 482 g/mol. The summed E-state index contributed by atoms with van der Waals surface area (Å²) < 4.78 is 0. The second-order valence-electron chi connectivity index (χ2n) is 10.7. The Morgan fingerprint density at radius 2 is 2.00 bits per heavy atom. The van der Waals surface area contributed by atoms with E-state index in [0.29, 0.717) is 17.9 Å². The molecule has 4 N–H and O–H groups in total. The molecule has 37 heavy (non-hydrogen) atoms. The number of thiophene rings is 1. The predicted octanol–water partition coefficient (Wildman–Crippen LogP) is 5.31. The molecule has 1 saturated heterocycles. The Hall–Kier alpha value is -3.14. The third-order valence-corrected chi connectivity index (χ3v) is 9.20. The van der Waals surface area contributed by atoms with Crippen molar-refractivity contribution in [1.29, 1.82) is 0 Å². The SMILES string of the molecule is O=C(Nc1cncc(C2CCC3NNC(c4nc5nccc(-c6ccsc6)c5[nH]4)C3C2)c1)C1CCCC1. The first kappa shape index (κ1) is 23.0. The fourth-order valence-corrected chi connectivity index (χ4v) is 7.20. The fraction of sp³-hybridized carbons (Fsp3) is 0.429. The number of pyridine rings is 2. The van der Waals surface area contributed by atoms with Gasteiger partial charge >= 0.3 is 0 Å². The molecule has 9 heteroatoms. The number of hydrogen-bond acceptors (Lipinski definition) is 7. The zero-order valence-electron chi connectivity index (χ0n) is 20.6. The van der Waals surface area contributed by atoms with Crippen LogP contribution < -0.4 is 16.2 Å². The van der Waals surface area contributed by atoms with E-state index in [-0.39, 0.29) is 17.9 Å². The molecule has 0 spiro atoms. The van der Waals surface area contributed by atoms with Gasteiger partial charge in [-0.3, -0.25) is 15.2 Å². The minimum atomic E-state index is 0.0792. The van der Waals surface area contributed by atoms with E-state index in [0.717, 1.165) is 73.2 Å². The summed E-state index contributed by atoms with van der Waals surface area (Å²) in [6.45, 7) is 0. The number of imidazole rings is 1. The summed E-state index contributed by atoms with van der Waals surface area (Å²) in [5.41, 5.74) is 13.2. The monoisotopic (exact) mass is 513 g/mol. The Morgan fingerprint density at radius 3 is 2.86 bits per heavy atom. The van der Waals surface area contributed by atoms with E-state index in [1.165, 1.54) is 11.1 Å². The lowest BCUT2D eigenvalue weighted by Crippen LogP contribution is -2.34. The summed E-state index contributed by atoms with van der Waals surface area (Å²) in [5.74, 6) is 2.01. The molecule has 8 nitrogen and oxygen atoms in total. The van der Waals surface area contributed by atoms with E-state index in [4.69, 9.17) is 4.98 Å². The van der Waals surface area contributed by atoms with Crippen LogP contribution in [0.1, 0.15) is 68.3 Å². The number of anilines is 1. The molecule has 4 aromatic rings. The molecule has 7 rings (SSSR count). The lowest BCUT2D eigenvalue weighted by Gasteiger charge is -2.33. The van der Waals surface area contributed by atoms with Crippen molar-refractivity contribution < 1.29 is 4.79 Å². The van der Waals surface area contributed by atoms with Gasteiger partial charge in [0, 0.05) is 29.9 Å². The number of fused-ring (bicyclic) bond motifs is 2. The van der Waals surface area contributed by atoms with E-state index in [1.54, 1.807) is 17.5 Å². The summed E-state index contributed by atoms with van der Waals surface area (Å²) in [6, 6.07) is 6.80. The second-order valence-corrected chi connectivity index (χ2v) is 11.5. The smallest absolute Gasteiger partial charge is 0.227 e. The number of hydrazine groups is 1. The van der Waals surface area contributed by atoms with Crippen LogP contribution in [0, 0.1) is 11.8 Å². The topological polar surface area (TPSA) is 108 Å². The molecule has 3 fully saturated rings. The fourth-order valence-electron chi connectivity index (χ4n) is 6.55. The normalized spacial score (nSPS) is 25.9. The maximum Gasteiger partial charge on any atom is 0.227 e. The highest BCUT2D eigenvalue weighted by Crippen LogP contribution is 2.44. The number of nitrogens with one attached hydrogen (secondary N) is 4. The molecule has 0 bridgehead atoms. The quantitative estimate of drug-likeness (QED) is 0.288. The van der Waals surface area contributed by atoms with Crippen molar-refractivity contribution in [3.05, 3.63) is 58.9 Å². The Labute approximate surface area is 219 Å². The minimum Gasteiger partial charge on any atom is -0.339 e. The van der Waals surface area contributed by atoms with Crippen molar-refractivity contribution >= 4 is 34.1 Å². The van der Waals surface area contributed by atoms with Crippen molar-refractivity contribution in [3.63, 3.8) is 0 Å². The van der Waals surface area contributed by atoms with Gasteiger partial charge < -0.3 is 10.3 Å². The number of nitrogens with zero attached hydrogens (tertiary/aromatic N) is 3. The van der Waals surface area contributed by atoms with E-state index < -0.39 is 0 Å². The molecule has 1 amide bonds. The van der Waals surface area contributed by atoms with Gasteiger partial charge in [0.25, 0.3) is 0 Å². The number of amides is 1. The molecule has 4 unspecified atom stereocenters. The first-order valence-electron chi connectivity index (χ1n) is 13.4. The zero-order valence-corrected chi connectivity index (χ0v) is 21.4. The molecule has 0 radical (unpaired) electrons. The number of aromatic nitrogens is 4. The highest BCUT2D eigenvalue weighted by Gasteiger charge is 2.43. The summed E-state index contributed by atoms with van der Waals surface area (Å²) >= 11 is 1.69. The molecule has 3 aliphatic rings. The number of carbonyl (C=O) groups is 1. The summed E-state index contributed by atoms with van der Waals surface area (Å²) in [6.07, 6.45) is 13.1. The Kier molecular flexibility index (Phi) is 5.99. The van der Waals surface area contributed by atoms with Gasteiger partial charge in [0.1, 0.15) is 5.82 Å². The third kappa shape index (κ3) is 4.35. The van der Waals surface area contributed by atoms with Gasteiger partial charge in [-0.25, -0.2) is 15.4 Å². The first-order chi connectivity index (χ1) is 18.2. The lowest BCUT2D eigenvalue weighted by atomic mass is 9.73. The lowest BCUT2D eigenvalue weighted by molar-refractivity contribution is -0.119. The van der Waals surface area contributed by atoms with E-state index >= 15 is 0 Å². The maximum atomic E-state index is 12.7. The van der Waals surface area contributed by atoms with E-state index in [9.17, 15) is 4.79 Å². The largest absolute Gasteiger partial charge is 0.339 e. The van der Waals surface area contributed by atoms with Crippen molar-refractivity contribution in [2.24, 2.45) is 11.8 Å². The highest BCUT2D eigenvalue weighted by atomic mass is 32.1. The molecule has 2 saturated carbocycles. The second kappa shape index (κ2) is 9.63. The number of rotatable bonds is 5. The van der Waals surface area contributed by atoms with Crippen LogP contribution in [0.4, 0.5) is 5.69 Å². The average Bonchev–Trinajstić information content (AvgIpc) is 3.74. The zero-order chi connectivity index (χ0) is 24.8. The molecule has 190 valence electrons. The third-order valence-electron chi connectivity index (χ3n) is 8.51. The molecule has 0 aromatic carbocycles. The summed E-state index contributed by atoms with van der Waals surface area (Å²) in [4.78, 5) is 30.2. The Bertz CT molecular complexity index is 1410.